The zero-order valence-electron chi connectivity index (χ0n) is 16.2. The molecule has 1 aliphatic rings. The monoisotopic (exact) mass is 416 g/mol. The molecule has 1 amide bonds. The predicted molar refractivity (Wildman–Crippen MR) is 120 cm³/mol. The highest BCUT2D eigenvalue weighted by Gasteiger charge is 2.15. The van der Waals surface area contributed by atoms with Gasteiger partial charge in [0.05, 0.1) is 23.4 Å². The lowest BCUT2D eigenvalue weighted by Gasteiger charge is -2.28. The van der Waals surface area contributed by atoms with Crippen LogP contribution >= 0.6 is 11.3 Å². The number of thiazole rings is 1. The number of amides is 1. The van der Waals surface area contributed by atoms with E-state index in [2.05, 4.69) is 26.3 Å². The number of carbonyl (C=O) groups excluding carboxylic acids is 1. The molecule has 0 spiro atoms. The van der Waals surface area contributed by atoms with Crippen LogP contribution < -0.4 is 10.2 Å². The Morgan fingerprint density at radius 1 is 1.03 bits per heavy atom. The number of fused-ring (bicyclic) bond motifs is 1. The first-order valence-electron chi connectivity index (χ1n) is 9.82. The summed E-state index contributed by atoms with van der Waals surface area (Å²) in [5.74, 6) is -0.224. The summed E-state index contributed by atoms with van der Waals surface area (Å²) >= 11 is 1.66. The van der Waals surface area contributed by atoms with Crippen LogP contribution in [0.1, 0.15) is 10.5 Å². The van der Waals surface area contributed by atoms with Gasteiger partial charge in [0.2, 0.25) is 0 Å². The SMILES string of the molecule is O=C(Nc1ccc(-c2nc3ccccc3s2)cc1)c1cc(N2CCOCC2)ccn1. The Labute approximate surface area is 178 Å². The second kappa shape index (κ2) is 8.22. The number of rotatable bonds is 4. The van der Waals surface area contributed by atoms with Gasteiger partial charge >= 0.3 is 0 Å². The van der Waals surface area contributed by atoms with E-state index in [4.69, 9.17) is 4.74 Å². The van der Waals surface area contributed by atoms with Gasteiger partial charge in [-0.25, -0.2) is 4.98 Å². The molecule has 6 nitrogen and oxygen atoms in total. The maximum atomic E-state index is 12.7. The van der Waals surface area contributed by atoms with Gasteiger partial charge in [0.1, 0.15) is 10.7 Å². The van der Waals surface area contributed by atoms with Crippen molar-refractivity contribution in [1.29, 1.82) is 0 Å². The molecule has 5 rings (SSSR count). The molecule has 7 heteroatoms. The molecule has 150 valence electrons. The molecule has 2 aromatic carbocycles. The molecule has 0 aliphatic carbocycles. The van der Waals surface area contributed by atoms with Crippen LogP contribution in [0.2, 0.25) is 0 Å². The molecular formula is C23H20N4O2S. The standard InChI is InChI=1S/C23H20N4O2S/c28-22(20-15-18(9-10-24-20)27-11-13-29-14-12-27)25-17-7-5-16(6-8-17)23-26-19-3-1-2-4-21(19)30-23/h1-10,15H,11-14H2,(H,25,28). The van der Waals surface area contributed by atoms with Crippen LogP contribution in [-0.2, 0) is 4.74 Å². The first kappa shape index (κ1) is 18.7. The molecule has 0 unspecified atom stereocenters. The van der Waals surface area contributed by atoms with E-state index in [9.17, 15) is 4.79 Å². The fourth-order valence-electron chi connectivity index (χ4n) is 3.45. The normalized spacial score (nSPS) is 14.1. The van der Waals surface area contributed by atoms with Gasteiger partial charge in [-0.2, -0.15) is 0 Å². The number of pyridine rings is 1. The van der Waals surface area contributed by atoms with Gasteiger partial charge < -0.3 is 15.0 Å². The summed E-state index contributed by atoms with van der Waals surface area (Å²) in [5, 5.41) is 3.90. The molecule has 0 radical (unpaired) electrons. The van der Waals surface area contributed by atoms with E-state index in [0.717, 1.165) is 45.3 Å². The molecular weight excluding hydrogens is 396 g/mol. The van der Waals surface area contributed by atoms with Crippen molar-refractivity contribution < 1.29 is 9.53 Å². The molecule has 30 heavy (non-hydrogen) atoms. The Balaban J connectivity index is 1.30. The third-order valence-electron chi connectivity index (χ3n) is 5.04. The summed E-state index contributed by atoms with van der Waals surface area (Å²) in [7, 11) is 0. The Hall–Kier alpha value is -3.29. The van der Waals surface area contributed by atoms with Crippen molar-refractivity contribution in [1.82, 2.24) is 9.97 Å². The summed E-state index contributed by atoms with van der Waals surface area (Å²) in [5.41, 5.74) is 4.14. The smallest absolute Gasteiger partial charge is 0.274 e. The molecule has 1 saturated heterocycles. The molecule has 0 atom stereocenters. The molecule has 1 N–H and O–H groups in total. The average Bonchev–Trinajstić information content (AvgIpc) is 3.24. The van der Waals surface area contributed by atoms with E-state index in [1.807, 2.05) is 54.6 Å². The number of ether oxygens (including phenoxy) is 1. The third kappa shape index (κ3) is 3.90. The van der Waals surface area contributed by atoms with Crippen LogP contribution in [0.5, 0.6) is 0 Å². The number of nitrogens with one attached hydrogen (secondary N) is 1. The Bertz CT molecular complexity index is 1150. The van der Waals surface area contributed by atoms with Crippen LogP contribution in [0, 0.1) is 0 Å². The predicted octanol–water partition coefficient (Wildman–Crippen LogP) is 4.45. The van der Waals surface area contributed by atoms with Crippen LogP contribution in [0.15, 0.2) is 66.9 Å². The second-order valence-corrected chi connectivity index (χ2v) is 8.05. The fraction of sp³-hybridized carbons (Fsp3) is 0.174. The maximum Gasteiger partial charge on any atom is 0.274 e. The van der Waals surface area contributed by atoms with Gasteiger partial charge in [-0.1, -0.05) is 12.1 Å². The first-order valence-corrected chi connectivity index (χ1v) is 10.6. The van der Waals surface area contributed by atoms with Gasteiger partial charge in [0.15, 0.2) is 0 Å². The van der Waals surface area contributed by atoms with E-state index in [0.29, 0.717) is 18.9 Å². The van der Waals surface area contributed by atoms with E-state index in [1.54, 1.807) is 17.5 Å². The highest BCUT2D eigenvalue weighted by Crippen LogP contribution is 2.30. The highest BCUT2D eigenvalue weighted by molar-refractivity contribution is 7.21. The molecule has 2 aromatic heterocycles. The molecule has 3 heterocycles. The van der Waals surface area contributed by atoms with Gasteiger partial charge in [-0.15, -0.1) is 11.3 Å². The van der Waals surface area contributed by atoms with Gasteiger partial charge in [0.25, 0.3) is 5.91 Å². The van der Waals surface area contributed by atoms with Gasteiger partial charge in [-0.05, 0) is 48.5 Å². The summed E-state index contributed by atoms with van der Waals surface area (Å²) in [4.78, 5) is 23.8. The van der Waals surface area contributed by atoms with Crippen molar-refractivity contribution in [2.45, 2.75) is 0 Å². The van der Waals surface area contributed by atoms with Crippen molar-refractivity contribution >= 4 is 38.8 Å². The first-order chi connectivity index (χ1) is 14.8. The van der Waals surface area contributed by atoms with Crippen LogP contribution in [-0.4, -0.2) is 42.2 Å². The number of hydrogen-bond acceptors (Lipinski definition) is 6. The minimum absolute atomic E-state index is 0.224. The topological polar surface area (TPSA) is 67.4 Å². The molecule has 1 aliphatic heterocycles. The highest BCUT2D eigenvalue weighted by atomic mass is 32.1. The maximum absolute atomic E-state index is 12.7. The van der Waals surface area contributed by atoms with Crippen molar-refractivity contribution in [3.05, 3.63) is 72.6 Å². The van der Waals surface area contributed by atoms with E-state index >= 15 is 0 Å². The Morgan fingerprint density at radius 3 is 2.63 bits per heavy atom. The Kier molecular flexibility index (Phi) is 5.13. The Morgan fingerprint density at radius 2 is 1.83 bits per heavy atom. The second-order valence-electron chi connectivity index (χ2n) is 7.02. The minimum atomic E-state index is -0.224. The lowest BCUT2D eigenvalue weighted by molar-refractivity contribution is 0.102. The van der Waals surface area contributed by atoms with Crippen molar-refractivity contribution in [2.24, 2.45) is 0 Å². The number of aromatic nitrogens is 2. The van der Waals surface area contributed by atoms with Crippen molar-refractivity contribution in [2.75, 3.05) is 36.5 Å². The number of morpholine rings is 1. The summed E-state index contributed by atoms with van der Waals surface area (Å²) < 4.78 is 6.56. The van der Waals surface area contributed by atoms with Crippen LogP contribution in [0.4, 0.5) is 11.4 Å². The van der Waals surface area contributed by atoms with Gasteiger partial charge in [-0.3, -0.25) is 9.78 Å². The van der Waals surface area contributed by atoms with Crippen molar-refractivity contribution in [3.63, 3.8) is 0 Å². The lowest BCUT2D eigenvalue weighted by atomic mass is 10.2. The zero-order valence-corrected chi connectivity index (χ0v) is 17.1. The van der Waals surface area contributed by atoms with Crippen LogP contribution in [0.25, 0.3) is 20.8 Å². The largest absolute Gasteiger partial charge is 0.378 e. The molecule has 0 bridgehead atoms. The third-order valence-corrected chi connectivity index (χ3v) is 6.12. The van der Waals surface area contributed by atoms with Gasteiger partial charge in [0, 0.05) is 36.2 Å². The van der Waals surface area contributed by atoms with E-state index in [-0.39, 0.29) is 5.91 Å². The number of para-hydroxylation sites is 1. The number of nitrogens with zero attached hydrogens (tertiary/aromatic N) is 3. The average molecular weight is 417 g/mol. The number of benzene rings is 2. The lowest BCUT2D eigenvalue weighted by Crippen LogP contribution is -2.36. The fourth-order valence-corrected chi connectivity index (χ4v) is 4.42. The number of hydrogen-bond donors (Lipinski definition) is 1. The quantitative estimate of drug-likeness (QED) is 0.532. The zero-order chi connectivity index (χ0) is 20.3. The minimum Gasteiger partial charge on any atom is -0.378 e. The number of carbonyl (C=O) groups is 1. The summed E-state index contributed by atoms with van der Waals surface area (Å²) in [6.45, 7) is 3.03. The van der Waals surface area contributed by atoms with E-state index < -0.39 is 0 Å². The summed E-state index contributed by atoms with van der Waals surface area (Å²) in [6, 6.07) is 19.6. The molecule has 1 fully saturated rings. The van der Waals surface area contributed by atoms with Crippen LogP contribution in [0.3, 0.4) is 0 Å². The van der Waals surface area contributed by atoms with Crippen molar-refractivity contribution in [3.8, 4) is 10.6 Å². The number of anilines is 2. The molecule has 4 aromatic rings. The molecule has 0 saturated carbocycles. The summed E-state index contributed by atoms with van der Waals surface area (Å²) in [6.07, 6.45) is 1.68. The van der Waals surface area contributed by atoms with E-state index in [1.165, 1.54) is 0 Å².